The number of methoxy groups -OCH3 is 1. The molecular formula is C13H23N3O3. The van der Waals surface area contributed by atoms with Crippen LogP contribution in [-0.2, 0) is 9.53 Å². The summed E-state index contributed by atoms with van der Waals surface area (Å²) in [6.45, 7) is 2.22. The first-order valence-electron chi connectivity index (χ1n) is 6.94. The van der Waals surface area contributed by atoms with Crippen LogP contribution in [0, 0.1) is 0 Å². The van der Waals surface area contributed by atoms with E-state index in [4.69, 9.17) is 5.73 Å². The van der Waals surface area contributed by atoms with Gasteiger partial charge in [0.1, 0.15) is 0 Å². The SMILES string of the molecule is COC(=O)N1CCN(C(=O)CC2(N)CCCC2)CC1. The monoisotopic (exact) mass is 269 g/mol. The van der Waals surface area contributed by atoms with E-state index >= 15 is 0 Å². The van der Waals surface area contributed by atoms with Gasteiger partial charge in [-0.15, -0.1) is 0 Å². The predicted molar refractivity (Wildman–Crippen MR) is 70.6 cm³/mol. The molecule has 2 fully saturated rings. The summed E-state index contributed by atoms with van der Waals surface area (Å²) < 4.78 is 4.67. The number of rotatable bonds is 2. The van der Waals surface area contributed by atoms with Gasteiger partial charge in [-0.25, -0.2) is 4.79 Å². The van der Waals surface area contributed by atoms with Crippen molar-refractivity contribution in [3.8, 4) is 0 Å². The van der Waals surface area contributed by atoms with Crippen LogP contribution < -0.4 is 5.73 Å². The Kier molecular flexibility index (Phi) is 4.29. The molecule has 6 nitrogen and oxygen atoms in total. The van der Waals surface area contributed by atoms with Crippen molar-refractivity contribution in [2.75, 3.05) is 33.3 Å². The molecule has 2 amide bonds. The van der Waals surface area contributed by atoms with Gasteiger partial charge in [0.25, 0.3) is 0 Å². The average molecular weight is 269 g/mol. The van der Waals surface area contributed by atoms with Crippen LogP contribution in [0.15, 0.2) is 0 Å². The van der Waals surface area contributed by atoms with Gasteiger partial charge in [0, 0.05) is 38.1 Å². The maximum Gasteiger partial charge on any atom is 0.409 e. The second kappa shape index (κ2) is 5.77. The topological polar surface area (TPSA) is 75.9 Å². The largest absolute Gasteiger partial charge is 0.453 e. The molecule has 1 saturated heterocycles. The molecule has 0 aromatic carbocycles. The molecule has 1 saturated carbocycles. The Morgan fingerprint density at radius 1 is 1.11 bits per heavy atom. The fourth-order valence-electron chi connectivity index (χ4n) is 2.94. The molecule has 0 atom stereocenters. The third kappa shape index (κ3) is 3.37. The maximum atomic E-state index is 12.2. The van der Waals surface area contributed by atoms with Crippen molar-refractivity contribution in [2.45, 2.75) is 37.6 Å². The zero-order chi connectivity index (χ0) is 13.9. The Hall–Kier alpha value is -1.30. The molecule has 0 aromatic heterocycles. The summed E-state index contributed by atoms with van der Waals surface area (Å²) >= 11 is 0. The third-order valence-corrected chi connectivity index (χ3v) is 4.17. The van der Waals surface area contributed by atoms with E-state index in [0.29, 0.717) is 32.6 Å². The minimum atomic E-state index is -0.321. The number of nitrogens with zero attached hydrogens (tertiary/aromatic N) is 2. The summed E-state index contributed by atoms with van der Waals surface area (Å²) in [6, 6.07) is 0. The molecule has 1 heterocycles. The van der Waals surface area contributed by atoms with Crippen molar-refractivity contribution in [1.82, 2.24) is 9.80 Å². The fourth-order valence-corrected chi connectivity index (χ4v) is 2.94. The summed E-state index contributed by atoms with van der Waals surface area (Å²) in [4.78, 5) is 27.0. The number of ether oxygens (including phenoxy) is 1. The van der Waals surface area contributed by atoms with Crippen molar-refractivity contribution in [3.05, 3.63) is 0 Å². The quantitative estimate of drug-likeness (QED) is 0.794. The Morgan fingerprint density at radius 3 is 2.16 bits per heavy atom. The van der Waals surface area contributed by atoms with Gasteiger partial charge in [-0.05, 0) is 12.8 Å². The minimum absolute atomic E-state index is 0.119. The highest BCUT2D eigenvalue weighted by molar-refractivity contribution is 5.78. The van der Waals surface area contributed by atoms with Gasteiger partial charge >= 0.3 is 6.09 Å². The first-order valence-corrected chi connectivity index (χ1v) is 6.94. The van der Waals surface area contributed by atoms with Gasteiger partial charge in [-0.3, -0.25) is 4.79 Å². The van der Waals surface area contributed by atoms with Crippen LogP contribution in [0.5, 0.6) is 0 Å². The summed E-state index contributed by atoms with van der Waals surface area (Å²) in [6.07, 6.45) is 4.26. The third-order valence-electron chi connectivity index (χ3n) is 4.17. The Labute approximate surface area is 113 Å². The van der Waals surface area contributed by atoms with E-state index in [1.54, 1.807) is 4.90 Å². The van der Waals surface area contributed by atoms with Crippen molar-refractivity contribution in [3.63, 3.8) is 0 Å². The number of piperazine rings is 1. The molecule has 6 heteroatoms. The van der Waals surface area contributed by atoms with E-state index in [9.17, 15) is 9.59 Å². The molecule has 0 unspecified atom stereocenters. The zero-order valence-corrected chi connectivity index (χ0v) is 11.6. The lowest BCUT2D eigenvalue weighted by atomic mass is 9.94. The Bertz CT molecular complexity index is 345. The van der Waals surface area contributed by atoms with Gasteiger partial charge in [0.05, 0.1) is 7.11 Å². The summed E-state index contributed by atoms with van der Waals surface area (Å²) in [5, 5.41) is 0. The molecule has 2 aliphatic rings. The number of carbonyl (C=O) groups excluding carboxylic acids is 2. The number of carbonyl (C=O) groups is 2. The van der Waals surface area contributed by atoms with Gasteiger partial charge in [-0.2, -0.15) is 0 Å². The van der Waals surface area contributed by atoms with Gasteiger partial charge < -0.3 is 20.3 Å². The van der Waals surface area contributed by atoms with Crippen LogP contribution in [-0.4, -0.2) is 60.6 Å². The molecule has 1 aliphatic carbocycles. The summed E-state index contributed by atoms with van der Waals surface area (Å²) in [5.74, 6) is 0.119. The van der Waals surface area contributed by atoms with Crippen LogP contribution in [0.25, 0.3) is 0 Å². The molecule has 0 radical (unpaired) electrons. The highest BCUT2D eigenvalue weighted by Crippen LogP contribution is 2.30. The highest BCUT2D eigenvalue weighted by Gasteiger charge is 2.34. The molecule has 2 rings (SSSR count). The smallest absolute Gasteiger partial charge is 0.409 e. The lowest BCUT2D eigenvalue weighted by Crippen LogP contribution is -2.52. The molecule has 1 aliphatic heterocycles. The summed E-state index contributed by atoms with van der Waals surface area (Å²) in [5.41, 5.74) is 5.94. The number of hydrogen-bond acceptors (Lipinski definition) is 4. The molecule has 0 spiro atoms. The molecule has 2 N–H and O–H groups in total. The normalized spacial score (nSPS) is 22.4. The van der Waals surface area contributed by atoms with E-state index in [0.717, 1.165) is 25.7 Å². The predicted octanol–water partition coefficient (Wildman–Crippen LogP) is 0.559. The highest BCUT2D eigenvalue weighted by atomic mass is 16.5. The van der Waals surface area contributed by atoms with E-state index in [1.165, 1.54) is 7.11 Å². The first kappa shape index (κ1) is 14.1. The van der Waals surface area contributed by atoms with Crippen molar-refractivity contribution >= 4 is 12.0 Å². The van der Waals surface area contributed by atoms with Crippen LogP contribution in [0.2, 0.25) is 0 Å². The van der Waals surface area contributed by atoms with Crippen LogP contribution in [0.1, 0.15) is 32.1 Å². The van der Waals surface area contributed by atoms with E-state index < -0.39 is 0 Å². The Balaban J connectivity index is 1.81. The molecule has 0 bridgehead atoms. The molecule has 0 aromatic rings. The van der Waals surface area contributed by atoms with E-state index in [1.807, 2.05) is 4.90 Å². The first-order chi connectivity index (χ1) is 9.04. The number of amides is 2. The summed E-state index contributed by atoms with van der Waals surface area (Å²) in [7, 11) is 1.37. The molecule has 19 heavy (non-hydrogen) atoms. The fraction of sp³-hybridized carbons (Fsp3) is 0.846. The molecule has 108 valence electrons. The van der Waals surface area contributed by atoms with E-state index in [-0.39, 0.29) is 17.5 Å². The van der Waals surface area contributed by atoms with Crippen LogP contribution in [0.3, 0.4) is 0 Å². The second-order valence-electron chi connectivity index (χ2n) is 5.58. The molecular weight excluding hydrogens is 246 g/mol. The van der Waals surface area contributed by atoms with Crippen molar-refractivity contribution < 1.29 is 14.3 Å². The minimum Gasteiger partial charge on any atom is -0.453 e. The van der Waals surface area contributed by atoms with Gasteiger partial charge in [0.2, 0.25) is 5.91 Å². The van der Waals surface area contributed by atoms with Crippen molar-refractivity contribution in [1.29, 1.82) is 0 Å². The number of hydrogen-bond donors (Lipinski definition) is 1. The van der Waals surface area contributed by atoms with Crippen LogP contribution in [0.4, 0.5) is 4.79 Å². The standard InChI is InChI=1S/C13H23N3O3/c1-19-12(18)16-8-6-15(7-9-16)11(17)10-13(14)4-2-3-5-13/h2-10,14H2,1H3. The zero-order valence-electron chi connectivity index (χ0n) is 11.6. The van der Waals surface area contributed by atoms with E-state index in [2.05, 4.69) is 4.74 Å². The Morgan fingerprint density at radius 2 is 1.63 bits per heavy atom. The van der Waals surface area contributed by atoms with Gasteiger partial charge in [0.15, 0.2) is 0 Å². The lowest BCUT2D eigenvalue weighted by molar-refractivity contribution is -0.134. The van der Waals surface area contributed by atoms with Crippen molar-refractivity contribution in [2.24, 2.45) is 5.73 Å². The maximum absolute atomic E-state index is 12.2. The number of nitrogens with two attached hydrogens (primary N) is 1. The van der Waals surface area contributed by atoms with Crippen LogP contribution >= 0.6 is 0 Å². The average Bonchev–Trinajstić information content (AvgIpc) is 2.84. The van der Waals surface area contributed by atoms with Gasteiger partial charge in [-0.1, -0.05) is 12.8 Å². The second-order valence-corrected chi connectivity index (χ2v) is 5.58. The lowest BCUT2D eigenvalue weighted by Gasteiger charge is -2.35.